The molecule has 1 atom stereocenters. The third kappa shape index (κ3) is 9.22. The van der Waals surface area contributed by atoms with Gasteiger partial charge in [0, 0.05) is 18.8 Å². The van der Waals surface area contributed by atoms with Gasteiger partial charge >= 0.3 is 17.8 Å². The molecule has 1 aliphatic carbocycles. The van der Waals surface area contributed by atoms with E-state index in [-0.39, 0.29) is 23.2 Å². The largest absolute Gasteiger partial charge is 0.480 e. The van der Waals surface area contributed by atoms with E-state index in [4.69, 9.17) is 28.2 Å². The molecule has 0 aliphatic heterocycles. The topological polar surface area (TPSA) is 177 Å². The lowest BCUT2D eigenvalue weighted by Gasteiger charge is -2.14. The van der Waals surface area contributed by atoms with E-state index in [1.165, 1.54) is 23.3 Å². The Balaban J connectivity index is 0.000000269. The minimum atomic E-state index is -1.14. The zero-order chi connectivity index (χ0) is 26.1. The molecule has 2 aromatic carbocycles. The first kappa shape index (κ1) is 27.5. The molecule has 0 radical (unpaired) electrons. The molecule has 0 saturated carbocycles. The quantitative estimate of drug-likeness (QED) is 0.212. The normalized spacial score (nSPS) is 13.9. The van der Waals surface area contributed by atoms with Gasteiger partial charge in [0.25, 0.3) is 0 Å². The first-order valence-electron chi connectivity index (χ1n) is 10.6. The molecular formula is C23H28ClFN6O4. The molecule has 0 bridgehead atoms. The number of carboxylic acids is 1. The molecule has 12 heteroatoms. The van der Waals surface area contributed by atoms with Crippen molar-refractivity contribution in [3.63, 3.8) is 0 Å². The second-order valence-corrected chi connectivity index (χ2v) is 8.56. The Bertz CT molecular complexity index is 1120. The highest BCUT2D eigenvalue weighted by molar-refractivity contribution is 6.39. The molecule has 0 heterocycles. The Morgan fingerprint density at radius 1 is 1.14 bits per heavy atom. The zero-order valence-electron chi connectivity index (χ0n) is 19.1. The molecule has 0 spiro atoms. The monoisotopic (exact) mass is 506 g/mol. The molecule has 8 N–H and O–H groups in total. The molecule has 3 rings (SSSR count). The average molecular weight is 507 g/mol. The van der Waals surface area contributed by atoms with Gasteiger partial charge in [0.05, 0.1) is 11.6 Å². The predicted octanol–water partition coefficient (Wildman–Crippen LogP) is 1.09. The fourth-order valence-electron chi connectivity index (χ4n) is 3.59. The van der Waals surface area contributed by atoms with Crippen LogP contribution in [0.3, 0.4) is 0 Å². The number of fused-ring (bicyclic) bond motifs is 1. The molecule has 2 amide bonds. The van der Waals surface area contributed by atoms with Crippen LogP contribution in [-0.2, 0) is 33.8 Å². The minimum Gasteiger partial charge on any atom is -0.480 e. The van der Waals surface area contributed by atoms with Gasteiger partial charge in [-0.2, -0.15) is 0 Å². The highest BCUT2D eigenvalue weighted by Crippen LogP contribution is 2.28. The number of guanidine groups is 1. The maximum Gasteiger partial charge on any atom is 0.317 e. The molecule has 0 aromatic heterocycles. The average Bonchev–Trinajstić information content (AvgIpc) is 3.17. The number of nitrogens with one attached hydrogen (secondary N) is 1. The van der Waals surface area contributed by atoms with Crippen LogP contribution in [0.2, 0.25) is 5.02 Å². The SMILES string of the molecule is CN(CC(=O)O)Cc1ccc2c(c1)C[C@H](CN=C(N)N)C2.NC(=O)C(=O)Nc1ccc(Cl)c(F)c1. The van der Waals surface area contributed by atoms with Crippen molar-refractivity contribution in [1.29, 1.82) is 0 Å². The smallest absolute Gasteiger partial charge is 0.317 e. The van der Waals surface area contributed by atoms with Crippen LogP contribution >= 0.6 is 11.6 Å². The number of primary amides is 1. The zero-order valence-corrected chi connectivity index (χ0v) is 19.9. The first-order chi connectivity index (χ1) is 16.4. The molecule has 10 nitrogen and oxygen atoms in total. The number of benzene rings is 2. The van der Waals surface area contributed by atoms with Crippen molar-refractivity contribution in [2.24, 2.45) is 28.1 Å². The summed E-state index contributed by atoms with van der Waals surface area (Å²) in [5, 5.41) is 10.8. The number of carbonyl (C=O) groups is 3. The number of carbonyl (C=O) groups excluding carboxylic acids is 2. The van der Waals surface area contributed by atoms with Crippen molar-refractivity contribution in [3.05, 3.63) is 63.9 Å². The molecule has 35 heavy (non-hydrogen) atoms. The minimum absolute atomic E-state index is 0.0458. The third-order valence-corrected chi connectivity index (χ3v) is 5.39. The van der Waals surface area contributed by atoms with E-state index in [0.29, 0.717) is 19.0 Å². The summed E-state index contributed by atoms with van der Waals surface area (Å²) in [4.78, 5) is 37.7. The van der Waals surface area contributed by atoms with Gasteiger partial charge in [-0.05, 0) is 60.7 Å². The lowest BCUT2D eigenvalue weighted by Crippen LogP contribution is -2.29. The van der Waals surface area contributed by atoms with E-state index in [2.05, 4.69) is 34.2 Å². The lowest BCUT2D eigenvalue weighted by atomic mass is 10.1. The van der Waals surface area contributed by atoms with Crippen LogP contribution in [0.4, 0.5) is 10.1 Å². The van der Waals surface area contributed by atoms with Crippen molar-refractivity contribution in [2.45, 2.75) is 19.4 Å². The number of hydrogen-bond donors (Lipinski definition) is 5. The summed E-state index contributed by atoms with van der Waals surface area (Å²) in [5.74, 6) is -3.05. The summed E-state index contributed by atoms with van der Waals surface area (Å²) in [6, 6.07) is 9.97. The standard InChI is InChI=1S/C15H22N4O2.C8H6ClFN2O2/c1-19(9-14(20)21)8-10-2-3-12-5-11(6-13(12)4-10)7-18-15(16)17;9-5-2-1-4(3-6(5)10)12-8(14)7(11)13/h2-4,11H,5-9H2,1H3,(H,20,21)(H4,16,17,18);1-3H,(H2,11,13)(H,12,14)/t11-;/m1./s1. The van der Waals surface area contributed by atoms with Crippen LogP contribution < -0.4 is 22.5 Å². The maximum absolute atomic E-state index is 12.8. The molecule has 0 fully saturated rings. The highest BCUT2D eigenvalue weighted by Gasteiger charge is 2.21. The van der Waals surface area contributed by atoms with Crippen LogP contribution in [-0.4, -0.2) is 53.9 Å². The molecule has 1 aliphatic rings. The number of aliphatic imine (C=N–C) groups is 1. The summed E-state index contributed by atoms with van der Waals surface area (Å²) < 4.78 is 12.8. The summed E-state index contributed by atoms with van der Waals surface area (Å²) in [6.07, 6.45) is 1.97. The summed E-state index contributed by atoms with van der Waals surface area (Å²) in [6.45, 7) is 1.34. The van der Waals surface area contributed by atoms with Gasteiger partial charge in [-0.25, -0.2) is 4.39 Å². The van der Waals surface area contributed by atoms with Crippen LogP contribution in [0, 0.1) is 11.7 Å². The van der Waals surface area contributed by atoms with E-state index in [9.17, 15) is 18.8 Å². The summed E-state index contributed by atoms with van der Waals surface area (Å²) in [5.41, 5.74) is 19.3. The third-order valence-electron chi connectivity index (χ3n) is 5.08. The van der Waals surface area contributed by atoms with Crippen LogP contribution in [0.25, 0.3) is 0 Å². The number of anilines is 1. The van der Waals surface area contributed by atoms with Gasteiger partial charge < -0.3 is 27.6 Å². The van der Waals surface area contributed by atoms with Crippen LogP contribution in [0.5, 0.6) is 0 Å². The van der Waals surface area contributed by atoms with Crippen molar-refractivity contribution in [1.82, 2.24) is 4.90 Å². The number of aliphatic carboxylic acids is 1. The molecule has 0 unspecified atom stereocenters. The van der Waals surface area contributed by atoms with Gasteiger partial charge in [0.1, 0.15) is 5.82 Å². The predicted molar refractivity (Wildman–Crippen MR) is 131 cm³/mol. The van der Waals surface area contributed by atoms with Gasteiger partial charge in [-0.15, -0.1) is 0 Å². The van der Waals surface area contributed by atoms with Crippen molar-refractivity contribution in [3.8, 4) is 0 Å². The Kier molecular flexibility index (Phi) is 9.98. The number of nitrogens with zero attached hydrogens (tertiary/aromatic N) is 2. The summed E-state index contributed by atoms with van der Waals surface area (Å²) in [7, 11) is 1.81. The van der Waals surface area contributed by atoms with Gasteiger partial charge in [0.15, 0.2) is 5.96 Å². The number of rotatable bonds is 7. The Labute approximate surface area is 206 Å². The van der Waals surface area contributed by atoms with Gasteiger partial charge in [0.2, 0.25) is 0 Å². The number of likely N-dealkylation sites (N-methyl/N-ethyl adjacent to an activating group) is 1. The molecule has 2 aromatic rings. The van der Waals surface area contributed by atoms with Crippen LogP contribution in [0.1, 0.15) is 16.7 Å². The van der Waals surface area contributed by atoms with Crippen molar-refractivity contribution in [2.75, 3.05) is 25.5 Å². The fraction of sp³-hybridized carbons (Fsp3) is 0.304. The number of carboxylic acid groups (broad SMARTS) is 1. The van der Waals surface area contributed by atoms with Crippen molar-refractivity contribution < 1.29 is 23.9 Å². The van der Waals surface area contributed by atoms with E-state index >= 15 is 0 Å². The second-order valence-electron chi connectivity index (χ2n) is 8.16. The number of amides is 2. The van der Waals surface area contributed by atoms with Crippen LogP contribution in [0.15, 0.2) is 41.4 Å². The van der Waals surface area contributed by atoms with E-state index < -0.39 is 23.6 Å². The Morgan fingerprint density at radius 2 is 1.83 bits per heavy atom. The highest BCUT2D eigenvalue weighted by atomic mass is 35.5. The fourth-order valence-corrected chi connectivity index (χ4v) is 3.71. The Morgan fingerprint density at radius 3 is 2.43 bits per heavy atom. The number of halogens is 2. The lowest BCUT2D eigenvalue weighted by molar-refractivity contribution is -0.138. The summed E-state index contributed by atoms with van der Waals surface area (Å²) >= 11 is 5.40. The van der Waals surface area contributed by atoms with Crippen molar-refractivity contribution >= 4 is 41.0 Å². The Hall–Kier alpha value is -3.70. The molecule has 188 valence electrons. The van der Waals surface area contributed by atoms with E-state index in [1.807, 2.05) is 7.05 Å². The first-order valence-corrected chi connectivity index (χ1v) is 10.9. The van der Waals surface area contributed by atoms with Gasteiger partial charge in [-0.3, -0.25) is 24.3 Å². The molecule has 0 saturated heterocycles. The number of nitrogens with two attached hydrogens (primary N) is 3. The number of hydrogen-bond acceptors (Lipinski definition) is 5. The van der Waals surface area contributed by atoms with Gasteiger partial charge in [-0.1, -0.05) is 29.8 Å². The van der Waals surface area contributed by atoms with E-state index in [0.717, 1.165) is 24.5 Å². The molecular weight excluding hydrogens is 479 g/mol. The maximum atomic E-state index is 12.8. The second kappa shape index (κ2) is 12.7. The van der Waals surface area contributed by atoms with E-state index in [1.54, 1.807) is 4.90 Å².